The van der Waals surface area contributed by atoms with E-state index in [0.29, 0.717) is 0 Å². The molecule has 1 fully saturated rings. The number of hydrogen-bond donors (Lipinski definition) is 0. The topological polar surface area (TPSA) is 27.0 Å². The highest BCUT2D eigenvalue weighted by molar-refractivity contribution is 4.87. The zero-order chi connectivity index (χ0) is 9.68. The Morgan fingerprint density at radius 2 is 2.00 bits per heavy atom. The van der Waals surface area contributed by atoms with Gasteiger partial charge in [0.1, 0.15) is 0 Å². The van der Waals surface area contributed by atoms with E-state index in [2.05, 4.69) is 18.0 Å². The highest BCUT2D eigenvalue weighted by atomic mass is 15.1. The molecule has 0 spiro atoms. The molecule has 0 amide bonds. The van der Waals surface area contributed by atoms with Gasteiger partial charge in [0, 0.05) is 6.54 Å². The lowest BCUT2D eigenvalue weighted by atomic mass is 9.89. The van der Waals surface area contributed by atoms with Crippen molar-refractivity contribution in [2.24, 2.45) is 5.92 Å². The van der Waals surface area contributed by atoms with Crippen LogP contribution in [0.5, 0.6) is 0 Å². The van der Waals surface area contributed by atoms with E-state index in [0.717, 1.165) is 12.5 Å². The lowest BCUT2D eigenvalue weighted by Crippen LogP contribution is -2.33. The average Bonchev–Trinajstić information content (AvgIpc) is 2.18. The highest BCUT2D eigenvalue weighted by Gasteiger charge is 2.17. The molecule has 74 valence electrons. The van der Waals surface area contributed by atoms with E-state index < -0.39 is 0 Å². The molecule has 0 heterocycles. The smallest absolute Gasteiger partial charge is 0.0946 e. The Balaban J connectivity index is 2.26. The third-order valence-electron chi connectivity index (χ3n) is 3.12. The molecule has 2 nitrogen and oxygen atoms in total. The fourth-order valence-corrected chi connectivity index (χ4v) is 2.03. The minimum absolute atomic E-state index is 0.0712. The molecule has 0 aromatic heterocycles. The maximum absolute atomic E-state index is 8.74. The molecular formula is C11H20N2. The predicted molar refractivity (Wildman–Crippen MR) is 54.3 cm³/mol. The van der Waals surface area contributed by atoms with E-state index in [4.69, 9.17) is 5.26 Å². The molecule has 0 aromatic carbocycles. The first kappa shape index (κ1) is 10.5. The van der Waals surface area contributed by atoms with Gasteiger partial charge in [-0.3, -0.25) is 4.90 Å². The first-order chi connectivity index (χ1) is 6.24. The van der Waals surface area contributed by atoms with Crippen molar-refractivity contribution in [1.29, 1.82) is 5.26 Å². The average molecular weight is 180 g/mol. The van der Waals surface area contributed by atoms with Crippen LogP contribution in [0.15, 0.2) is 0 Å². The predicted octanol–water partition coefficient (Wildman–Crippen LogP) is 2.41. The summed E-state index contributed by atoms with van der Waals surface area (Å²) < 4.78 is 0. The summed E-state index contributed by atoms with van der Waals surface area (Å²) in [4.78, 5) is 2.18. The van der Waals surface area contributed by atoms with Gasteiger partial charge in [0.15, 0.2) is 0 Å². The fraction of sp³-hybridized carbons (Fsp3) is 0.909. The van der Waals surface area contributed by atoms with Gasteiger partial charge in [-0.05, 0) is 32.7 Å². The van der Waals surface area contributed by atoms with E-state index in [1.54, 1.807) is 0 Å². The van der Waals surface area contributed by atoms with Gasteiger partial charge in [0.25, 0.3) is 0 Å². The van der Waals surface area contributed by atoms with Gasteiger partial charge in [0.2, 0.25) is 0 Å². The summed E-state index contributed by atoms with van der Waals surface area (Å²) >= 11 is 0. The second-order valence-electron chi connectivity index (χ2n) is 4.25. The molecule has 0 aliphatic heterocycles. The summed E-state index contributed by atoms with van der Waals surface area (Å²) in [5.41, 5.74) is 0. The second kappa shape index (κ2) is 5.24. The Morgan fingerprint density at radius 1 is 1.38 bits per heavy atom. The molecule has 0 aromatic rings. The zero-order valence-corrected chi connectivity index (χ0v) is 8.79. The molecule has 0 saturated heterocycles. The number of nitrogens with zero attached hydrogens (tertiary/aromatic N) is 2. The van der Waals surface area contributed by atoms with Crippen LogP contribution in [0.2, 0.25) is 0 Å². The molecule has 1 saturated carbocycles. The Bertz CT molecular complexity index is 177. The molecule has 1 atom stereocenters. The Morgan fingerprint density at radius 3 is 2.54 bits per heavy atom. The van der Waals surface area contributed by atoms with E-state index in [1.165, 1.54) is 32.1 Å². The van der Waals surface area contributed by atoms with Crippen molar-refractivity contribution in [2.45, 2.75) is 45.1 Å². The summed E-state index contributed by atoms with van der Waals surface area (Å²) in [6.07, 6.45) is 6.91. The molecule has 1 aliphatic rings. The van der Waals surface area contributed by atoms with E-state index >= 15 is 0 Å². The van der Waals surface area contributed by atoms with Crippen LogP contribution < -0.4 is 0 Å². The summed E-state index contributed by atoms with van der Waals surface area (Å²) in [6.45, 7) is 3.08. The highest BCUT2D eigenvalue weighted by Crippen LogP contribution is 2.24. The standard InChI is InChI=1S/C11H20N2/c1-10(8-12)13(2)9-11-6-4-3-5-7-11/h10-11H,3-7,9H2,1-2H3. The van der Waals surface area contributed by atoms with Crippen LogP contribution in [0.3, 0.4) is 0 Å². The molecule has 2 heteroatoms. The van der Waals surface area contributed by atoms with Crippen LogP contribution in [0.25, 0.3) is 0 Å². The maximum Gasteiger partial charge on any atom is 0.0946 e. The van der Waals surface area contributed by atoms with E-state index in [-0.39, 0.29) is 6.04 Å². The molecule has 0 radical (unpaired) electrons. The first-order valence-electron chi connectivity index (χ1n) is 5.34. The SMILES string of the molecule is CC(C#N)N(C)CC1CCCCC1. The van der Waals surface area contributed by atoms with Crippen molar-refractivity contribution >= 4 is 0 Å². The molecule has 0 N–H and O–H groups in total. The van der Waals surface area contributed by atoms with Crippen molar-refractivity contribution < 1.29 is 0 Å². The molecular weight excluding hydrogens is 160 g/mol. The molecule has 1 rings (SSSR count). The van der Waals surface area contributed by atoms with Crippen LogP contribution in [-0.4, -0.2) is 24.5 Å². The zero-order valence-electron chi connectivity index (χ0n) is 8.79. The van der Waals surface area contributed by atoms with Crippen molar-refractivity contribution in [3.63, 3.8) is 0 Å². The minimum atomic E-state index is 0.0712. The third kappa shape index (κ3) is 3.36. The third-order valence-corrected chi connectivity index (χ3v) is 3.12. The first-order valence-corrected chi connectivity index (χ1v) is 5.34. The van der Waals surface area contributed by atoms with Crippen LogP contribution in [0.1, 0.15) is 39.0 Å². The van der Waals surface area contributed by atoms with Crippen LogP contribution in [-0.2, 0) is 0 Å². The number of rotatable bonds is 3. The van der Waals surface area contributed by atoms with Gasteiger partial charge in [0.05, 0.1) is 12.1 Å². The normalized spacial score (nSPS) is 21.4. The monoisotopic (exact) mass is 180 g/mol. The van der Waals surface area contributed by atoms with Crippen LogP contribution >= 0.6 is 0 Å². The second-order valence-corrected chi connectivity index (χ2v) is 4.25. The molecule has 0 bridgehead atoms. The van der Waals surface area contributed by atoms with Crippen molar-refractivity contribution in [1.82, 2.24) is 4.90 Å². The summed E-state index contributed by atoms with van der Waals surface area (Å²) in [6, 6.07) is 2.35. The Labute approximate surface area is 81.5 Å². The van der Waals surface area contributed by atoms with Gasteiger partial charge >= 0.3 is 0 Å². The fourth-order valence-electron chi connectivity index (χ4n) is 2.03. The van der Waals surface area contributed by atoms with Gasteiger partial charge in [-0.2, -0.15) is 5.26 Å². The van der Waals surface area contributed by atoms with Crippen molar-refractivity contribution in [3.05, 3.63) is 0 Å². The number of hydrogen-bond acceptors (Lipinski definition) is 2. The van der Waals surface area contributed by atoms with Gasteiger partial charge < -0.3 is 0 Å². The van der Waals surface area contributed by atoms with Crippen molar-refractivity contribution in [3.8, 4) is 6.07 Å². The lowest BCUT2D eigenvalue weighted by Gasteiger charge is -2.28. The minimum Gasteiger partial charge on any atom is -0.291 e. The molecule has 1 unspecified atom stereocenters. The quantitative estimate of drug-likeness (QED) is 0.667. The Kier molecular flexibility index (Phi) is 4.24. The lowest BCUT2D eigenvalue weighted by molar-refractivity contribution is 0.216. The van der Waals surface area contributed by atoms with Crippen molar-refractivity contribution in [2.75, 3.05) is 13.6 Å². The van der Waals surface area contributed by atoms with E-state index in [1.807, 2.05) is 6.92 Å². The Hall–Kier alpha value is -0.550. The molecule has 1 aliphatic carbocycles. The summed E-state index contributed by atoms with van der Waals surface area (Å²) in [5.74, 6) is 0.842. The van der Waals surface area contributed by atoms with E-state index in [9.17, 15) is 0 Å². The van der Waals surface area contributed by atoms with Crippen LogP contribution in [0, 0.1) is 17.2 Å². The molecule has 13 heavy (non-hydrogen) atoms. The maximum atomic E-state index is 8.74. The van der Waals surface area contributed by atoms with Gasteiger partial charge in [-0.1, -0.05) is 19.3 Å². The summed E-state index contributed by atoms with van der Waals surface area (Å²) in [7, 11) is 2.06. The van der Waals surface area contributed by atoms with Crippen LogP contribution in [0.4, 0.5) is 0 Å². The number of nitriles is 1. The van der Waals surface area contributed by atoms with Gasteiger partial charge in [-0.25, -0.2) is 0 Å². The van der Waals surface area contributed by atoms with Gasteiger partial charge in [-0.15, -0.1) is 0 Å². The largest absolute Gasteiger partial charge is 0.291 e. The summed E-state index contributed by atoms with van der Waals surface area (Å²) in [5, 5.41) is 8.74.